The lowest BCUT2D eigenvalue weighted by molar-refractivity contribution is -0.384. The number of carbonyl (C=O) groups excluding carboxylic acids is 3. The van der Waals surface area contributed by atoms with Gasteiger partial charge >= 0.3 is 5.97 Å². The SMILES string of the molecule is COC(=O)[C@@H](C)NC(=O)CCNC(=O)c1ccc([N+](=O)[O-])cc1. The van der Waals surface area contributed by atoms with Gasteiger partial charge < -0.3 is 15.4 Å². The van der Waals surface area contributed by atoms with E-state index < -0.39 is 28.7 Å². The molecule has 0 saturated heterocycles. The summed E-state index contributed by atoms with van der Waals surface area (Å²) >= 11 is 0. The van der Waals surface area contributed by atoms with Crippen molar-refractivity contribution in [1.29, 1.82) is 0 Å². The molecule has 0 fully saturated rings. The summed E-state index contributed by atoms with van der Waals surface area (Å²) in [6, 6.07) is 4.33. The van der Waals surface area contributed by atoms with Crippen molar-refractivity contribution in [1.82, 2.24) is 10.6 Å². The molecule has 0 spiro atoms. The van der Waals surface area contributed by atoms with Crippen LogP contribution >= 0.6 is 0 Å². The van der Waals surface area contributed by atoms with Crippen molar-refractivity contribution in [2.45, 2.75) is 19.4 Å². The van der Waals surface area contributed by atoms with Crippen molar-refractivity contribution < 1.29 is 24.0 Å². The highest BCUT2D eigenvalue weighted by Crippen LogP contribution is 2.11. The van der Waals surface area contributed by atoms with Crippen LogP contribution in [0.25, 0.3) is 0 Å². The number of nitro benzene ring substituents is 1. The maximum atomic E-state index is 11.8. The number of nitro groups is 1. The first-order valence-corrected chi connectivity index (χ1v) is 6.75. The van der Waals surface area contributed by atoms with E-state index in [1.54, 1.807) is 0 Å². The molecule has 0 saturated carbocycles. The Balaban J connectivity index is 2.40. The Labute approximate surface area is 132 Å². The second-order valence-electron chi connectivity index (χ2n) is 4.62. The number of nitrogens with one attached hydrogen (secondary N) is 2. The van der Waals surface area contributed by atoms with E-state index in [1.165, 1.54) is 38.3 Å². The van der Waals surface area contributed by atoms with E-state index in [2.05, 4.69) is 15.4 Å². The molecule has 0 unspecified atom stereocenters. The lowest BCUT2D eigenvalue weighted by Crippen LogP contribution is -2.40. The van der Waals surface area contributed by atoms with Gasteiger partial charge in [-0.3, -0.25) is 19.7 Å². The van der Waals surface area contributed by atoms with E-state index in [-0.39, 0.29) is 24.2 Å². The minimum absolute atomic E-state index is 0.0138. The predicted octanol–water partition coefficient (Wildman–Crippen LogP) is 0.392. The van der Waals surface area contributed by atoms with E-state index >= 15 is 0 Å². The number of esters is 1. The van der Waals surface area contributed by atoms with E-state index in [0.29, 0.717) is 0 Å². The van der Waals surface area contributed by atoms with Crippen molar-refractivity contribution in [3.8, 4) is 0 Å². The molecule has 2 N–H and O–H groups in total. The number of carbonyl (C=O) groups is 3. The van der Waals surface area contributed by atoms with E-state index in [4.69, 9.17) is 0 Å². The average molecular weight is 323 g/mol. The summed E-state index contributed by atoms with van der Waals surface area (Å²) in [6.45, 7) is 1.55. The number of benzene rings is 1. The third-order valence-electron chi connectivity index (χ3n) is 2.91. The standard InChI is InChI=1S/C14H17N3O6/c1-9(14(20)23-2)16-12(18)7-8-15-13(19)10-3-5-11(6-4-10)17(21)22/h3-6,9H,7-8H2,1-2H3,(H,15,19)(H,16,18)/t9-/m1/s1. The number of hydrogen-bond acceptors (Lipinski definition) is 6. The Morgan fingerprint density at radius 3 is 2.39 bits per heavy atom. The van der Waals surface area contributed by atoms with Gasteiger partial charge in [0.05, 0.1) is 12.0 Å². The summed E-state index contributed by atoms with van der Waals surface area (Å²) in [7, 11) is 1.22. The Morgan fingerprint density at radius 1 is 1.26 bits per heavy atom. The van der Waals surface area contributed by atoms with Crippen LogP contribution in [0.5, 0.6) is 0 Å². The normalized spacial score (nSPS) is 11.2. The minimum Gasteiger partial charge on any atom is -0.467 e. The van der Waals surface area contributed by atoms with Crippen LogP contribution in [0, 0.1) is 10.1 Å². The van der Waals surface area contributed by atoms with Crippen LogP contribution in [0.3, 0.4) is 0 Å². The Bertz CT molecular complexity index is 599. The molecule has 1 atom stereocenters. The first-order valence-electron chi connectivity index (χ1n) is 6.75. The molecule has 0 heterocycles. The molecule has 0 radical (unpaired) electrons. The summed E-state index contributed by atoms with van der Waals surface area (Å²) in [4.78, 5) is 44.5. The third-order valence-corrected chi connectivity index (χ3v) is 2.91. The number of ether oxygens (including phenoxy) is 1. The van der Waals surface area contributed by atoms with Crippen LogP contribution in [0.1, 0.15) is 23.7 Å². The molecule has 23 heavy (non-hydrogen) atoms. The van der Waals surface area contributed by atoms with Crippen molar-refractivity contribution in [3.05, 3.63) is 39.9 Å². The smallest absolute Gasteiger partial charge is 0.328 e. The molecule has 9 heteroatoms. The Hall–Kier alpha value is -2.97. The first kappa shape index (κ1) is 18.1. The van der Waals surface area contributed by atoms with Gasteiger partial charge in [-0.05, 0) is 19.1 Å². The van der Waals surface area contributed by atoms with Crippen molar-refractivity contribution in [2.75, 3.05) is 13.7 Å². The van der Waals surface area contributed by atoms with Gasteiger partial charge in [0.15, 0.2) is 0 Å². The van der Waals surface area contributed by atoms with Crippen molar-refractivity contribution in [3.63, 3.8) is 0 Å². The van der Waals surface area contributed by atoms with Gasteiger partial charge in [0.1, 0.15) is 6.04 Å². The molecular formula is C14H17N3O6. The summed E-state index contributed by atoms with van der Waals surface area (Å²) in [6.07, 6.45) is -0.0138. The molecule has 124 valence electrons. The van der Waals surface area contributed by atoms with E-state index in [1.807, 2.05) is 0 Å². The topological polar surface area (TPSA) is 128 Å². The van der Waals surface area contributed by atoms with Gasteiger partial charge in [-0.1, -0.05) is 0 Å². The van der Waals surface area contributed by atoms with E-state index in [0.717, 1.165) is 0 Å². The summed E-state index contributed by atoms with van der Waals surface area (Å²) in [5.41, 5.74) is 0.136. The molecule has 9 nitrogen and oxygen atoms in total. The zero-order valence-corrected chi connectivity index (χ0v) is 12.7. The molecule has 1 aromatic carbocycles. The number of hydrogen-bond donors (Lipinski definition) is 2. The van der Waals surface area contributed by atoms with Crippen molar-refractivity contribution in [2.24, 2.45) is 0 Å². The molecule has 0 aromatic heterocycles. The first-order chi connectivity index (χ1) is 10.8. The van der Waals surface area contributed by atoms with Gasteiger partial charge in [0, 0.05) is 30.7 Å². The van der Waals surface area contributed by atoms with Crippen LogP contribution < -0.4 is 10.6 Å². The predicted molar refractivity (Wildman–Crippen MR) is 79.7 cm³/mol. The van der Waals surface area contributed by atoms with Crippen LogP contribution in [-0.4, -0.2) is 42.4 Å². The monoisotopic (exact) mass is 323 g/mol. The number of rotatable bonds is 7. The number of non-ortho nitro benzene ring substituents is 1. The summed E-state index contributed by atoms with van der Waals surface area (Å²) in [5.74, 6) is -1.42. The summed E-state index contributed by atoms with van der Waals surface area (Å²) < 4.78 is 4.47. The molecule has 0 aliphatic rings. The molecule has 1 aromatic rings. The fourth-order valence-corrected chi connectivity index (χ4v) is 1.68. The average Bonchev–Trinajstić information content (AvgIpc) is 2.53. The minimum atomic E-state index is -0.766. The lowest BCUT2D eigenvalue weighted by atomic mass is 10.2. The largest absolute Gasteiger partial charge is 0.467 e. The maximum Gasteiger partial charge on any atom is 0.328 e. The van der Waals surface area contributed by atoms with Gasteiger partial charge in [0.2, 0.25) is 5.91 Å². The fourth-order valence-electron chi connectivity index (χ4n) is 1.68. The maximum absolute atomic E-state index is 11.8. The second kappa shape index (κ2) is 8.47. The van der Waals surface area contributed by atoms with Gasteiger partial charge in [-0.15, -0.1) is 0 Å². The fraction of sp³-hybridized carbons (Fsp3) is 0.357. The number of methoxy groups -OCH3 is 1. The number of amides is 2. The third kappa shape index (κ3) is 5.73. The molecule has 1 rings (SSSR count). The molecule has 0 bridgehead atoms. The van der Waals surface area contributed by atoms with Crippen molar-refractivity contribution >= 4 is 23.5 Å². The van der Waals surface area contributed by atoms with Crippen LogP contribution in [0.2, 0.25) is 0 Å². The van der Waals surface area contributed by atoms with Gasteiger partial charge in [-0.2, -0.15) is 0 Å². The summed E-state index contributed by atoms with van der Waals surface area (Å²) in [5, 5.41) is 15.4. The van der Waals surface area contributed by atoms with Crippen LogP contribution in [0.4, 0.5) is 5.69 Å². The molecule has 2 amide bonds. The molecular weight excluding hydrogens is 306 g/mol. The molecule has 0 aliphatic heterocycles. The quantitative estimate of drug-likeness (QED) is 0.424. The van der Waals surface area contributed by atoms with E-state index in [9.17, 15) is 24.5 Å². The highest BCUT2D eigenvalue weighted by molar-refractivity contribution is 5.94. The van der Waals surface area contributed by atoms with Gasteiger partial charge in [0.25, 0.3) is 11.6 Å². The number of nitrogens with zero attached hydrogens (tertiary/aromatic N) is 1. The Morgan fingerprint density at radius 2 is 1.87 bits per heavy atom. The highest BCUT2D eigenvalue weighted by atomic mass is 16.6. The molecule has 0 aliphatic carbocycles. The van der Waals surface area contributed by atoms with Crippen LogP contribution in [0.15, 0.2) is 24.3 Å². The lowest BCUT2D eigenvalue weighted by Gasteiger charge is -2.11. The Kier molecular flexibility index (Phi) is 6.66. The van der Waals surface area contributed by atoms with Gasteiger partial charge in [-0.25, -0.2) is 4.79 Å². The zero-order chi connectivity index (χ0) is 17.4. The zero-order valence-electron chi connectivity index (χ0n) is 12.7. The van der Waals surface area contributed by atoms with Crippen LogP contribution in [-0.2, 0) is 14.3 Å². The highest BCUT2D eigenvalue weighted by Gasteiger charge is 2.15. The second-order valence-corrected chi connectivity index (χ2v) is 4.62.